The minimum atomic E-state index is 0.231. The van der Waals surface area contributed by atoms with Crippen LogP contribution in [-0.2, 0) is 0 Å². The van der Waals surface area contributed by atoms with E-state index in [0.717, 1.165) is 0 Å². The summed E-state index contributed by atoms with van der Waals surface area (Å²) in [5.74, 6) is 0. The predicted molar refractivity (Wildman–Crippen MR) is 31.7 cm³/mol. The summed E-state index contributed by atoms with van der Waals surface area (Å²) in [5, 5.41) is 8.11. The zero-order chi connectivity index (χ0) is 6.57. The highest BCUT2D eigenvalue weighted by molar-refractivity contribution is 5.22. The van der Waals surface area contributed by atoms with Gasteiger partial charge in [-0.3, -0.25) is 0 Å². The first-order chi connectivity index (χ1) is 3.66. The van der Waals surface area contributed by atoms with E-state index >= 15 is 0 Å². The molecular formula is C6H8N2. The lowest BCUT2D eigenvalue weighted by Gasteiger charge is -2.01. The van der Waals surface area contributed by atoms with Gasteiger partial charge < -0.3 is 4.90 Å². The summed E-state index contributed by atoms with van der Waals surface area (Å²) >= 11 is 0. The number of hydrogen-bond acceptors (Lipinski definition) is 2. The molecule has 8 heavy (non-hydrogen) atoms. The van der Waals surface area contributed by atoms with Crippen LogP contribution in [0.25, 0.3) is 0 Å². The molecule has 0 bridgehead atoms. The largest absolute Gasteiger partial charge is 0.383 e. The molecule has 0 saturated heterocycles. The quantitative estimate of drug-likeness (QED) is 0.461. The third kappa shape index (κ3) is 3.23. The molecule has 0 unspecified atom stereocenters. The molecule has 0 rings (SSSR count). The lowest BCUT2D eigenvalue weighted by atomic mass is 10.4. The van der Waals surface area contributed by atoms with Gasteiger partial charge in [0.15, 0.2) is 0 Å². The van der Waals surface area contributed by atoms with E-state index in [1.807, 2.05) is 14.1 Å². The topological polar surface area (TPSA) is 27.0 Å². The number of rotatable bonds is 1. The minimum Gasteiger partial charge on any atom is -0.383 e. The van der Waals surface area contributed by atoms with E-state index in [-0.39, 0.29) is 5.57 Å². The molecule has 0 atom stereocenters. The van der Waals surface area contributed by atoms with Crippen molar-refractivity contribution in [2.45, 2.75) is 0 Å². The Morgan fingerprint density at radius 3 is 2.38 bits per heavy atom. The average molecular weight is 108 g/mol. The standard InChI is InChI=1S/C6H8N2/c1-6(4-7)5-8(2)3/h1,5H,2-3H3/b6-5-. The molecule has 0 aromatic carbocycles. The highest BCUT2D eigenvalue weighted by Gasteiger charge is 1.82. The van der Waals surface area contributed by atoms with Gasteiger partial charge in [0, 0.05) is 32.8 Å². The van der Waals surface area contributed by atoms with Crippen molar-refractivity contribution in [3.63, 3.8) is 0 Å². The van der Waals surface area contributed by atoms with Crippen molar-refractivity contribution >= 4 is 0 Å². The zero-order valence-corrected chi connectivity index (χ0v) is 5.05. The second-order valence-electron chi connectivity index (χ2n) is 1.66. The highest BCUT2D eigenvalue weighted by atomic mass is 15.0. The van der Waals surface area contributed by atoms with Crippen molar-refractivity contribution in [2.24, 2.45) is 0 Å². The molecular weight excluding hydrogens is 100 g/mol. The first kappa shape index (κ1) is 7.03. The summed E-state index contributed by atoms with van der Waals surface area (Å²) < 4.78 is 0. The van der Waals surface area contributed by atoms with Crippen LogP contribution in [0.4, 0.5) is 0 Å². The van der Waals surface area contributed by atoms with Gasteiger partial charge in [0.2, 0.25) is 0 Å². The third-order valence-electron chi connectivity index (χ3n) is 0.526. The number of allylic oxidation sites excluding steroid dienone is 1. The zero-order valence-electron chi connectivity index (χ0n) is 5.05. The van der Waals surface area contributed by atoms with Gasteiger partial charge in [-0.25, -0.2) is 0 Å². The van der Waals surface area contributed by atoms with Crippen molar-refractivity contribution in [3.8, 4) is 6.07 Å². The van der Waals surface area contributed by atoms with Crippen LogP contribution in [0.1, 0.15) is 0 Å². The molecule has 0 aliphatic carbocycles. The SMILES string of the molecule is [CH]/C(C#N)=C/N(C)C. The molecule has 2 heteroatoms. The van der Waals surface area contributed by atoms with Crippen LogP contribution in [0.5, 0.6) is 0 Å². The Morgan fingerprint density at radius 2 is 2.25 bits per heavy atom. The number of hydrogen-bond donors (Lipinski definition) is 0. The molecule has 0 heterocycles. The minimum absolute atomic E-state index is 0.231. The van der Waals surface area contributed by atoms with Gasteiger partial charge in [-0.05, 0) is 0 Å². The van der Waals surface area contributed by atoms with Crippen molar-refractivity contribution in [1.29, 1.82) is 5.26 Å². The fourth-order valence-electron chi connectivity index (χ4n) is 0.307. The van der Waals surface area contributed by atoms with Crippen LogP contribution in [0.3, 0.4) is 0 Å². The lowest BCUT2D eigenvalue weighted by molar-refractivity contribution is 0.561. The lowest BCUT2D eigenvalue weighted by Crippen LogP contribution is -2.01. The van der Waals surface area contributed by atoms with E-state index in [1.54, 1.807) is 17.2 Å². The van der Waals surface area contributed by atoms with Gasteiger partial charge in [-0.1, -0.05) is 0 Å². The summed E-state index contributed by atoms with van der Waals surface area (Å²) in [6, 6.07) is 1.79. The number of nitriles is 1. The molecule has 0 aromatic rings. The summed E-state index contributed by atoms with van der Waals surface area (Å²) in [4.78, 5) is 1.72. The molecule has 0 amide bonds. The van der Waals surface area contributed by atoms with Gasteiger partial charge in [0.1, 0.15) is 0 Å². The summed E-state index contributed by atoms with van der Waals surface area (Å²) in [7, 11) is 3.62. The summed E-state index contributed by atoms with van der Waals surface area (Å²) in [6.07, 6.45) is 1.56. The molecule has 0 aliphatic rings. The van der Waals surface area contributed by atoms with Crippen LogP contribution in [0.2, 0.25) is 0 Å². The fourth-order valence-corrected chi connectivity index (χ4v) is 0.307. The molecule has 0 fully saturated rings. The van der Waals surface area contributed by atoms with Crippen molar-refractivity contribution in [3.05, 3.63) is 18.7 Å². The number of nitrogens with zero attached hydrogens (tertiary/aromatic N) is 2. The molecule has 2 radical (unpaired) electrons. The molecule has 0 aliphatic heterocycles. The van der Waals surface area contributed by atoms with Crippen molar-refractivity contribution in [1.82, 2.24) is 4.90 Å². The summed E-state index contributed by atoms with van der Waals surface area (Å²) in [5.41, 5.74) is 0.231. The maximum atomic E-state index is 8.11. The maximum absolute atomic E-state index is 8.11. The van der Waals surface area contributed by atoms with E-state index in [4.69, 9.17) is 12.2 Å². The van der Waals surface area contributed by atoms with Crippen molar-refractivity contribution < 1.29 is 0 Å². The van der Waals surface area contributed by atoms with E-state index in [1.165, 1.54) is 0 Å². The van der Waals surface area contributed by atoms with Gasteiger partial charge in [-0.15, -0.1) is 0 Å². The van der Waals surface area contributed by atoms with Crippen molar-refractivity contribution in [2.75, 3.05) is 14.1 Å². The first-order valence-electron chi connectivity index (χ1n) is 2.20. The fraction of sp³-hybridized carbons (Fsp3) is 0.333. The van der Waals surface area contributed by atoms with Crippen LogP contribution in [0.15, 0.2) is 11.8 Å². The third-order valence-corrected chi connectivity index (χ3v) is 0.526. The molecule has 0 N–H and O–H groups in total. The summed E-state index contributed by atoms with van der Waals surface area (Å²) in [6.45, 7) is 5.13. The smallest absolute Gasteiger partial charge is 0.0965 e. The van der Waals surface area contributed by atoms with E-state index < -0.39 is 0 Å². The molecule has 0 spiro atoms. The van der Waals surface area contributed by atoms with E-state index in [9.17, 15) is 0 Å². The van der Waals surface area contributed by atoms with Crippen LogP contribution >= 0.6 is 0 Å². The monoisotopic (exact) mass is 108 g/mol. The van der Waals surface area contributed by atoms with Gasteiger partial charge >= 0.3 is 0 Å². The van der Waals surface area contributed by atoms with Crippen LogP contribution < -0.4 is 0 Å². The molecule has 42 valence electrons. The Morgan fingerprint density at radius 1 is 1.75 bits per heavy atom. The first-order valence-corrected chi connectivity index (χ1v) is 2.20. The second kappa shape index (κ2) is 3.09. The molecule has 0 saturated carbocycles. The Labute approximate surface area is 50.0 Å². The Balaban J connectivity index is 3.80. The predicted octanol–water partition coefficient (Wildman–Crippen LogP) is 0.667. The van der Waals surface area contributed by atoms with E-state index in [0.29, 0.717) is 0 Å². The normalized spacial score (nSPS) is 10.5. The van der Waals surface area contributed by atoms with Crippen LogP contribution in [-0.4, -0.2) is 19.0 Å². The van der Waals surface area contributed by atoms with Crippen LogP contribution in [0, 0.1) is 18.3 Å². The Bertz CT molecular complexity index is 128. The molecule has 2 nitrogen and oxygen atoms in total. The Kier molecular flexibility index (Phi) is 2.71. The van der Waals surface area contributed by atoms with Gasteiger partial charge in [0.25, 0.3) is 0 Å². The van der Waals surface area contributed by atoms with Gasteiger partial charge in [0.05, 0.1) is 6.07 Å². The molecule has 0 aromatic heterocycles. The average Bonchev–Trinajstić information content (AvgIpc) is 1.65. The van der Waals surface area contributed by atoms with Gasteiger partial charge in [-0.2, -0.15) is 5.26 Å². The van der Waals surface area contributed by atoms with E-state index in [2.05, 4.69) is 0 Å². The Hall–Kier alpha value is -0.970. The maximum Gasteiger partial charge on any atom is 0.0965 e. The highest BCUT2D eigenvalue weighted by Crippen LogP contribution is 1.87. The second-order valence-corrected chi connectivity index (χ2v) is 1.66.